The van der Waals surface area contributed by atoms with Crippen LogP contribution >= 0.6 is 0 Å². The van der Waals surface area contributed by atoms with Crippen molar-refractivity contribution >= 4 is 5.97 Å². The van der Waals surface area contributed by atoms with Crippen LogP contribution in [0.4, 0.5) is 0 Å². The predicted octanol–water partition coefficient (Wildman–Crippen LogP) is 1.93. The van der Waals surface area contributed by atoms with Gasteiger partial charge < -0.3 is 9.30 Å². The molecule has 0 aliphatic rings. The van der Waals surface area contributed by atoms with Gasteiger partial charge in [-0.25, -0.2) is 4.79 Å². The number of rotatable bonds is 5. The molecule has 0 aromatic carbocycles. The van der Waals surface area contributed by atoms with E-state index in [-0.39, 0.29) is 5.82 Å². The summed E-state index contributed by atoms with van der Waals surface area (Å²) in [7, 11) is 0. The Hall–Kier alpha value is -2.24. The summed E-state index contributed by atoms with van der Waals surface area (Å²) >= 11 is 0. The lowest BCUT2D eigenvalue weighted by Gasteiger charge is -2.08. The molecular weight excluding hydrogens is 244 g/mol. The molecule has 0 amide bonds. The van der Waals surface area contributed by atoms with Crippen molar-refractivity contribution in [3.8, 4) is 11.4 Å². The lowest BCUT2D eigenvalue weighted by atomic mass is 10.2. The van der Waals surface area contributed by atoms with Gasteiger partial charge in [0.1, 0.15) is 0 Å². The van der Waals surface area contributed by atoms with Crippen LogP contribution in [0.25, 0.3) is 11.4 Å². The van der Waals surface area contributed by atoms with Crippen LogP contribution in [-0.4, -0.2) is 32.3 Å². The predicted molar refractivity (Wildman–Crippen MR) is 69.5 cm³/mol. The number of pyridine rings is 1. The molecule has 2 aromatic heterocycles. The van der Waals surface area contributed by atoms with Crippen LogP contribution in [0.1, 0.15) is 30.9 Å². The molecule has 6 nitrogen and oxygen atoms in total. The Morgan fingerprint density at radius 2 is 2.00 bits per heavy atom. The molecule has 2 heterocycles. The molecule has 0 N–H and O–H groups in total. The number of ether oxygens (including phenoxy) is 1. The van der Waals surface area contributed by atoms with E-state index in [4.69, 9.17) is 4.74 Å². The molecule has 0 spiro atoms. The van der Waals surface area contributed by atoms with Crippen molar-refractivity contribution in [3.05, 3.63) is 30.4 Å². The normalized spacial score (nSPS) is 10.4. The van der Waals surface area contributed by atoms with Crippen LogP contribution in [0.2, 0.25) is 0 Å². The van der Waals surface area contributed by atoms with Crippen molar-refractivity contribution in [3.63, 3.8) is 0 Å². The average molecular weight is 260 g/mol. The van der Waals surface area contributed by atoms with Gasteiger partial charge in [-0.05, 0) is 25.5 Å². The fraction of sp³-hybridized carbons (Fsp3) is 0.385. The van der Waals surface area contributed by atoms with E-state index in [1.165, 1.54) is 0 Å². The van der Waals surface area contributed by atoms with Gasteiger partial charge in [0.15, 0.2) is 5.82 Å². The van der Waals surface area contributed by atoms with Crippen LogP contribution in [-0.2, 0) is 11.3 Å². The number of nitrogens with zero attached hydrogens (tertiary/aromatic N) is 4. The van der Waals surface area contributed by atoms with Crippen molar-refractivity contribution in [1.82, 2.24) is 19.7 Å². The van der Waals surface area contributed by atoms with Gasteiger partial charge in [-0.3, -0.25) is 4.98 Å². The van der Waals surface area contributed by atoms with E-state index in [1.807, 2.05) is 19.1 Å². The van der Waals surface area contributed by atoms with Crippen molar-refractivity contribution in [2.24, 2.45) is 0 Å². The van der Waals surface area contributed by atoms with Crippen molar-refractivity contribution in [2.45, 2.75) is 26.8 Å². The Balaban J connectivity index is 2.43. The van der Waals surface area contributed by atoms with E-state index in [9.17, 15) is 4.79 Å². The number of hydrogen-bond acceptors (Lipinski definition) is 5. The summed E-state index contributed by atoms with van der Waals surface area (Å²) in [5.41, 5.74) is 0.881. The van der Waals surface area contributed by atoms with Gasteiger partial charge in [0.05, 0.1) is 6.61 Å². The van der Waals surface area contributed by atoms with Crippen LogP contribution in [0.3, 0.4) is 0 Å². The van der Waals surface area contributed by atoms with Gasteiger partial charge in [0.25, 0.3) is 0 Å². The van der Waals surface area contributed by atoms with Crippen LogP contribution in [0.5, 0.6) is 0 Å². The first-order chi connectivity index (χ1) is 9.27. The topological polar surface area (TPSA) is 69.9 Å². The minimum absolute atomic E-state index is 0.246. The summed E-state index contributed by atoms with van der Waals surface area (Å²) in [5.74, 6) is 0.464. The minimum Gasteiger partial charge on any atom is -0.460 e. The standard InChI is InChI=1S/C13H16N4O2/c1-3-9-17-11(10-5-7-14-8-6-10)15-16-12(17)13(18)19-4-2/h5-8H,3-4,9H2,1-2H3. The maximum absolute atomic E-state index is 11.8. The van der Waals surface area contributed by atoms with Crippen LogP contribution in [0.15, 0.2) is 24.5 Å². The average Bonchev–Trinajstić information content (AvgIpc) is 2.84. The smallest absolute Gasteiger partial charge is 0.376 e. The quantitative estimate of drug-likeness (QED) is 0.768. The highest BCUT2D eigenvalue weighted by Gasteiger charge is 2.20. The monoisotopic (exact) mass is 260 g/mol. The zero-order chi connectivity index (χ0) is 13.7. The SMILES string of the molecule is CCCn1c(C(=O)OCC)nnc1-c1ccncc1. The zero-order valence-corrected chi connectivity index (χ0v) is 11.0. The third kappa shape index (κ3) is 2.78. The second-order valence-electron chi connectivity index (χ2n) is 3.96. The first kappa shape index (κ1) is 13.2. The molecule has 0 aliphatic heterocycles. The lowest BCUT2D eigenvalue weighted by molar-refractivity contribution is 0.0506. The largest absolute Gasteiger partial charge is 0.460 e. The molecule has 0 bridgehead atoms. The molecule has 100 valence electrons. The highest BCUT2D eigenvalue weighted by Crippen LogP contribution is 2.18. The number of esters is 1. The van der Waals surface area contributed by atoms with Gasteiger partial charge in [-0.15, -0.1) is 10.2 Å². The molecule has 6 heteroatoms. The van der Waals surface area contributed by atoms with Gasteiger partial charge in [0, 0.05) is 24.5 Å². The summed E-state index contributed by atoms with van der Waals surface area (Å²) < 4.78 is 6.77. The highest BCUT2D eigenvalue weighted by molar-refractivity contribution is 5.86. The van der Waals surface area contributed by atoms with Gasteiger partial charge in [-0.1, -0.05) is 6.92 Å². The molecule has 19 heavy (non-hydrogen) atoms. The third-order valence-electron chi connectivity index (χ3n) is 2.59. The minimum atomic E-state index is -0.441. The Bertz CT molecular complexity index is 551. The highest BCUT2D eigenvalue weighted by atomic mass is 16.5. The van der Waals surface area contributed by atoms with Gasteiger partial charge >= 0.3 is 5.97 Å². The first-order valence-corrected chi connectivity index (χ1v) is 6.28. The van der Waals surface area contributed by atoms with E-state index in [0.29, 0.717) is 19.0 Å². The lowest BCUT2D eigenvalue weighted by Crippen LogP contribution is -2.14. The fourth-order valence-electron chi connectivity index (χ4n) is 1.80. The number of aromatic nitrogens is 4. The molecule has 2 aromatic rings. The zero-order valence-electron chi connectivity index (χ0n) is 11.0. The van der Waals surface area contributed by atoms with Gasteiger partial charge in [-0.2, -0.15) is 0 Å². The Morgan fingerprint density at radius 1 is 1.26 bits per heavy atom. The van der Waals surface area contributed by atoms with E-state index in [0.717, 1.165) is 12.0 Å². The van der Waals surface area contributed by atoms with E-state index >= 15 is 0 Å². The van der Waals surface area contributed by atoms with E-state index < -0.39 is 5.97 Å². The van der Waals surface area contributed by atoms with Crippen LogP contribution < -0.4 is 0 Å². The molecule has 0 aliphatic carbocycles. The molecular formula is C13H16N4O2. The Labute approximate surface area is 111 Å². The molecule has 2 rings (SSSR count). The van der Waals surface area contributed by atoms with E-state index in [2.05, 4.69) is 15.2 Å². The number of hydrogen-bond donors (Lipinski definition) is 0. The third-order valence-corrected chi connectivity index (χ3v) is 2.59. The molecule has 0 saturated carbocycles. The molecule has 0 fully saturated rings. The molecule has 0 saturated heterocycles. The summed E-state index contributed by atoms with van der Waals surface area (Å²) in [6, 6.07) is 3.68. The number of carbonyl (C=O) groups excluding carboxylic acids is 1. The fourth-order valence-corrected chi connectivity index (χ4v) is 1.80. The maximum atomic E-state index is 11.8. The van der Waals surface area contributed by atoms with Gasteiger partial charge in [0.2, 0.25) is 5.82 Å². The first-order valence-electron chi connectivity index (χ1n) is 6.28. The van der Waals surface area contributed by atoms with E-state index in [1.54, 1.807) is 23.9 Å². The van der Waals surface area contributed by atoms with Crippen molar-refractivity contribution in [2.75, 3.05) is 6.61 Å². The summed E-state index contributed by atoms with van der Waals surface area (Å²) in [6.07, 6.45) is 4.25. The molecule has 0 atom stereocenters. The van der Waals surface area contributed by atoms with Crippen molar-refractivity contribution in [1.29, 1.82) is 0 Å². The Morgan fingerprint density at radius 3 is 2.63 bits per heavy atom. The van der Waals surface area contributed by atoms with Crippen LogP contribution in [0, 0.1) is 0 Å². The molecule has 0 unspecified atom stereocenters. The summed E-state index contributed by atoms with van der Waals surface area (Å²) in [6.45, 7) is 4.79. The second kappa shape index (κ2) is 6.08. The Kier molecular flexibility index (Phi) is 4.22. The second-order valence-corrected chi connectivity index (χ2v) is 3.96. The van der Waals surface area contributed by atoms with Crippen molar-refractivity contribution < 1.29 is 9.53 Å². The molecule has 0 radical (unpaired) electrons. The number of carbonyl (C=O) groups is 1. The summed E-state index contributed by atoms with van der Waals surface area (Å²) in [5, 5.41) is 8.04. The maximum Gasteiger partial charge on any atom is 0.376 e. The summed E-state index contributed by atoms with van der Waals surface area (Å²) in [4.78, 5) is 15.8.